The van der Waals surface area contributed by atoms with Gasteiger partial charge in [0.25, 0.3) is 0 Å². The molecule has 5 rings (SSSR count). The summed E-state index contributed by atoms with van der Waals surface area (Å²) in [4.78, 5) is 21.6. The molecule has 10 heteroatoms. The highest BCUT2D eigenvalue weighted by atomic mass is 35.5. The molecule has 2 aromatic carbocycles. The summed E-state index contributed by atoms with van der Waals surface area (Å²) >= 11 is 19.5. The smallest absolute Gasteiger partial charge is 0.206 e. The van der Waals surface area contributed by atoms with Crippen LogP contribution in [0.25, 0.3) is 11.1 Å². The molecule has 36 heavy (non-hydrogen) atoms. The Morgan fingerprint density at radius 2 is 1.75 bits per heavy atom. The van der Waals surface area contributed by atoms with Gasteiger partial charge in [-0.2, -0.15) is 0 Å². The SMILES string of the molecule is CCS(=O)(=O)c1ccc(CC(=O)Cc2cc(Cl)c(C3(c4nc5ccc(Cl)cc5o4)CC3)c(Cl)c2)nc1. The molecule has 2 aromatic heterocycles. The van der Waals surface area contributed by atoms with Crippen LogP contribution < -0.4 is 0 Å². The van der Waals surface area contributed by atoms with Gasteiger partial charge in [-0.05, 0) is 54.8 Å². The Hall–Kier alpha value is -2.45. The van der Waals surface area contributed by atoms with Crippen molar-refractivity contribution in [2.75, 3.05) is 5.75 Å². The number of hydrogen-bond donors (Lipinski definition) is 0. The lowest BCUT2D eigenvalue weighted by Crippen LogP contribution is -2.13. The van der Waals surface area contributed by atoms with Crippen LogP contribution >= 0.6 is 34.8 Å². The van der Waals surface area contributed by atoms with E-state index >= 15 is 0 Å². The molecule has 0 spiro atoms. The summed E-state index contributed by atoms with van der Waals surface area (Å²) < 4.78 is 29.9. The Morgan fingerprint density at radius 3 is 2.36 bits per heavy atom. The molecule has 6 nitrogen and oxygen atoms in total. The number of carbonyl (C=O) groups is 1. The third kappa shape index (κ3) is 4.77. The van der Waals surface area contributed by atoms with E-state index in [1.165, 1.54) is 12.3 Å². The summed E-state index contributed by atoms with van der Waals surface area (Å²) in [5.41, 5.74) is 2.73. The topological polar surface area (TPSA) is 90.1 Å². The highest BCUT2D eigenvalue weighted by Gasteiger charge is 2.52. The molecule has 2 heterocycles. The van der Waals surface area contributed by atoms with Gasteiger partial charge in [0.1, 0.15) is 11.3 Å². The van der Waals surface area contributed by atoms with Gasteiger partial charge >= 0.3 is 0 Å². The van der Waals surface area contributed by atoms with Crippen LogP contribution in [0.3, 0.4) is 0 Å². The Morgan fingerprint density at radius 1 is 1.03 bits per heavy atom. The minimum atomic E-state index is -3.34. The standard InChI is InChI=1S/C26H21Cl3N2O4S/c1-2-36(33,34)19-5-4-17(30-14-19)13-18(32)9-15-10-20(28)24(21(29)11-15)26(7-8-26)25-31-22-6-3-16(27)12-23(22)35-25/h3-6,10-12,14H,2,7-9,13H2,1H3. The normalized spacial score (nSPS) is 14.8. The number of benzene rings is 2. The lowest BCUT2D eigenvalue weighted by Gasteiger charge is -2.17. The van der Waals surface area contributed by atoms with Crippen LogP contribution in [0.1, 0.15) is 42.5 Å². The second kappa shape index (κ2) is 9.45. The number of ketones is 1. The van der Waals surface area contributed by atoms with E-state index in [2.05, 4.69) is 9.97 Å². The van der Waals surface area contributed by atoms with Gasteiger partial charge in [-0.25, -0.2) is 13.4 Å². The minimum Gasteiger partial charge on any atom is -0.440 e. The molecule has 0 amide bonds. The maximum Gasteiger partial charge on any atom is 0.206 e. The maximum atomic E-state index is 12.7. The number of pyridine rings is 1. The Bertz CT molecular complexity index is 1570. The average Bonchev–Trinajstić information content (AvgIpc) is 3.50. The van der Waals surface area contributed by atoms with Gasteiger partial charge in [-0.15, -0.1) is 0 Å². The molecule has 1 fully saturated rings. The van der Waals surface area contributed by atoms with Crippen LogP contribution in [-0.2, 0) is 32.9 Å². The fourth-order valence-electron chi connectivity index (χ4n) is 4.34. The van der Waals surface area contributed by atoms with Gasteiger partial charge in [-0.1, -0.05) is 41.7 Å². The molecule has 0 unspecified atom stereocenters. The van der Waals surface area contributed by atoms with Gasteiger partial charge in [0.05, 0.1) is 16.1 Å². The predicted molar refractivity (Wildman–Crippen MR) is 140 cm³/mol. The number of fused-ring (bicyclic) bond motifs is 1. The first-order valence-corrected chi connectivity index (χ1v) is 14.1. The zero-order chi connectivity index (χ0) is 25.7. The quantitative estimate of drug-likeness (QED) is 0.246. The van der Waals surface area contributed by atoms with Crippen molar-refractivity contribution >= 4 is 61.5 Å². The summed E-state index contributed by atoms with van der Waals surface area (Å²) in [6.07, 6.45) is 3.06. The van der Waals surface area contributed by atoms with Gasteiger partial charge in [0.2, 0.25) is 5.89 Å². The molecule has 0 bridgehead atoms. The molecule has 186 valence electrons. The van der Waals surface area contributed by atoms with Gasteiger partial charge in [0, 0.05) is 51.4 Å². The number of hydrogen-bond acceptors (Lipinski definition) is 6. The lowest BCUT2D eigenvalue weighted by atomic mass is 9.93. The first-order valence-electron chi connectivity index (χ1n) is 11.4. The Balaban J connectivity index is 1.34. The largest absolute Gasteiger partial charge is 0.440 e. The van der Waals surface area contributed by atoms with E-state index in [-0.39, 0.29) is 29.3 Å². The monoisotopic (exact) mass is 562 g/mol. The van der Waals surface area contributed by atoms with Crippen LogP contribution in [-0.4, -0.2) is 29.9 Å². The number of oxazole rings is 1. The highest BCUT2D eigenvalue weighted by molar-refractivity contribution is 7.91. The minimum absolute atomic E-state index is 0.00743. The summed E-state index contributed by atoms with van der Waals surface area (Å²) in [5.74, 6) is 0.449. The van der Waals surface area contributed by atoms with Gasteiger partial charge in [0.15, 0.2) is 15.4 Å². The van der Waals surface area contributed by atoms with Crippen molar-refractivity contribution < 1.29 is 17.6 Å². The fraction of sp³-hybridized carbons (Fsp3) is 0.269. The first-order chi connectivity index (χ1) is 17.1. The van der Waals surface area contributed by atoms with Crippen molar-refractivity contribution in [3.63, 3.8) is 0 Å². The van der Waals surface area contributed by atoms with Crippen LogP contribution in [0.5, 0.6) is 0 Å². The summed E-state index contributed by atoms with van der Waals surface area (Å²) in [7, 11) is -3.34. The number of aromatic nitrogens is 2. The number of halogens is 3. The van der Waals surface area contributed by atoms with E-state index in [1.54, 1.807) is 37.3 Å². The number of Topliss-reactive ketones (excluding diaryl/α,β-unsaturated/α-hetero) is 1. The first kappa shape index (κ1) is 25.2. The molecule has 0 aliphatic heterocycles. The Labute approximate surface area is 223 Å². The predicted octanol–water partition coefficient (Wildman–Crippen LogP) is 6.41. The summed E-state index contributed by atoms with van der Waals surface area (Å²) in [6, 6.07) is 11.9. The van der Waals surface area contributed by atoms with Gasteiger partial charge in [-0.3, -0.25) is 9.78 Å². The molecule has 4 aromatic rings. The molecule has 1 aliphatic carbocycles. The molecule has 0 N–H and O–H groups in total. The maximum absolute atomic E-state index is 12.7. The number of carbonyl (C=O) groups excluding carboxylic acids is 1. The molecular formula is C26H21Cl3N2O4S. The summed E-state index contributed by atoms with van der Waals surface area (Å²) in [5, 5.41) is 1.47. The van der Waals surface area contributed by atoms with Gasteiger partial charge < -0.3 is 4.42 Å². The van der Waals surface area contributed by atoms with E-state index in [9.17, 15) is 13.2 Å². The lowest BCUT2D eigenvalue weighted by molar-refractivity contribution is -0.117. The van der Waals surface area contributed by atoms with E-state index < -0.39 is 15.3 Å². The van der Waals surface area contributed by atoms with Crippen molar-refractivity contribution in [3.8, 4) is 0 Å². The van der Waals surface area contributed by atoms with Crippen LogP contribution in [0.4, 0.5) is 0 Å². The van der Waals surface area contributed by atoms with Crippen molar-refractivity contribution in [1.29, 1.82) is 0 Å². The van der Waals surface area contributed by atoms with Crippen molar-refractivity contribution in [3.05, 3.63) is 86.4 Å². The molecule has 1 aliphatic rings. The van der Waals surface area contributed by atoms with Crippen molar-refractivity contribution in [2.45, 2.75) is 42.9 Å². The highest BCUT2D eigenvalue weighted by Crippen LogP contribution is 2.57. The Kier molecular flexibility index (Phi) is 6.62. The second-order valence-electron chi connectivity index (χ2n) is 8.93. The zero-order valence-corrected chi connectivity index (χ0v) is 22.3. The van der Waals surface area contributed by atoms with Crippen LogP contribution in [0.15, 0.2) is 58.0 Å². The number of sulfone groups is 1. The molecule has 0 saturated heterocycles. The van der Waals surface area contributed by atoms with Crippen molar-refractivity contribution in [1.82, 2.24) is 9.97 Å². The number of nitrogens with zero attached hydrogens (tertiary/aromatic N) is 2. The fourth-order valence-corrected chi connectivity index (χ4v) is 6.22. The third-order valence-electron chi connectivity index (χ3n) is 6.41. The summed E-state index contributed by atoms with van der Waals surface area (Å²) in [6.45, 7) is 1.57. The molecule has 0 radical (unpaired) electrons. The molecular weight excluding hydrogens is 543 g/mol. The van der Waals surface area contributed by atoms with E-state index in [0.29, 0.717) is 43.3 Å². The van der Waals surface area contributed by atoms with E-state index in [0.717, 1.165) is 18.4 Å². The van der Waals surface area contributed by atoms with E-state index in [4.69, 9.17) is 39.2 Å². The average molecular weight is 564 g/mol. The molecule has 1 saturated carbocycles. The zero-order valence-electron chi connectivity index (χ0n) is 19.2. The van der Waals surface area contributed by atoms with Crippen LogP contribution in [0, 0.1) is 0 Å². The van der Waals surface area contributed by atoms with Crippen molar-refractivity contribution in [2.24, 2.45) is 0 Å². The van der Waals surface area contributed by atoms with E-state index in [1.807, 2.05) is 6.07 Å². The number of rotatable bonds is 8. The second-order valence-corrected chi connectivity index (χ2v) is 12.5. The third-order valence-corrected chi connectivity index (χ3v) is 8.96. The molecule has 0 atom stereocenters. The van der Waals surface area contributed by atoms with Crippen LogP contribution in [0.2, 0.25) is 15.1 Å².